The maximum atomic E-state index is 12.0. The van der Waals surface area contributed by atoms with E-state index >= 15 is 0 Å². The van der Waals surface area contributed by atoms with Crippen LogP contribution in [0.15, 0.2) is 22.7 Å². The number of likely N-dealkylation sites (tertiary alicyclic amines) is 1. The highest BCUT2D eigenvalue weighted by molar-refractivity contribution is 9.11. The second-order valence-corrected chi connectivity index (χ2v) is 7.78. The van der Waals surface area contributed by atoms with Crippen molar-refractivity contribution in [3.8, 4) is 0 Å². The summed E-state index contributed by atoms with van der Waals surface area (Å²) in [5.41, 5.74) is -1.20. The number of nitrogens with zero attached hydrogens (tertiary/aromatic N) is 1. The molecule has 0 spiro atoms. The molecule has 1 N–H and O–H groups in total. The number of rotatable bonds is 1. The van der Waals surface area contributed by atoms with Crippen molar-refractivity contribution < 1.29 is 14.6 Å². The van der Waals surface area contributed by atoms with Gasteiger partial charge in [0.15, 0.2) is 0 Å². The SMILES string of the molecule is CC(C)(C)OC(=O)N1CCC(O)(C2C=CC(Br)=CC2)CC1. The fraction of sp³-hybridized carbons (Fsp3) is 0.688. The quantitative estimate of drug-likeness (QED) is 0.779. The highest BCUT2D eigenvalue weighted by Crippen LogP contribution is 2.36. The fourth-order valence-corrected chi connectivity index (χ4v) is 3.11. The van der Waals surface area contributed by atoms with Gasteiger partial charge in [-0.2, -0.15) is 0 Å². The molecule has 4 nitrogen and oxygen atoms in total. The third kappa shape index (κ3) is 4.33. The third-order valence-electron chi connectivity index (χ3n) is 4.03. The van der Waals surface area contributed by atoms with E-state index in [1.165, 1.54) is 0 Å². The highest BCUT2D eigenvalue weighted by atomic mass is 79.9. The van der Waals surface area contributed by atoms with Crippen molar-refractivity contribution in [2.24, 2.45) is 5.92 Å². The number of ether oxygens (including phenoxy) is 1. The molecule has 1 amide bonds. The van der Waals surface area contributed by atoms with Crippen LogP contribution in [-0.4, -0.2) is 40.4 Å². The fourth-order valence-electron chi connectivity index (χ4n) is 2.77. The van der Waals surface area contributed by atoms with E-state index in [2.05, 4.69) is 28.1 Å². The van der Waals surface area contributed by atoms with Gasteiger partial charge in [-0.3, -0.25) is 0 Å². The minimum absolute atomic E-state index is 0.125. The topological polar surface area (TPSA) is 49.8 Å². The molecule has 0 aromatic heterocycles. The van der Waals surface area contributed by atoms with Crippen LogP contribution in [0.1, 0.15) is 40.0 Å². The van der Waals surface area contributed by atoms with E-state index in [1.54, 1.807) is 4.90 Å². The van der Waals surface area contributed by atoms with Crippen LogP contribution in [0.4, 0.5) is 4.79 Å². The van der Waals surface area contributed by atoms with Crippen molar-refractivity contribution in [3.05, 3.63) is 22.7 Å². The van der Waals surface area contributed by atoms with E-state index in [9.17, 15) is 9.90 Å². The molecule has 1 unspecified atom stereocenters. The number of carbonyl (C=O) groups is 1. The van der Waals surface area contributed by atoms with Gasteiger partial charge in [0, 0.05) is 23.5 Å². The predicted octanol–water partition coefficient (Wildman–Crippen LogP) is 3.60. The first-order valence-corrected chi connectivity index (χ1v) is 8.23. The summed E-state index contributed by atoms with van der Waals surface area (Å²) in [5.74, 6) is 0.125. The van der Waals surface area contributed by atoms with Crippen molar-refractivity contribution in [3.63, 3.8) is 0 Å². The molecule has 0 aromatic carbocycles. The lowest BCUT2D eigenvalue weighted by atomic mass is 9.76. The van der Waals surface area contributed by atoms with Crippen LogP contribution in [0.25, 0.3) is 0 Å². The van der Waals surface area contributed by atoms with Crippen molar-refractivity contribution in [2.45, 2.75) is 51.2 Å². The van der Waals surface area contributed by atoms with Crippen LogP contribution in [0, 0.1) is 5.92 Å². The zero-order valence-electron chi connectivity index (χ0n) is 12.9. The van der Waals surface area contributed by atoms with E-state index in [0.717, 1.165) is 10.9 Å². The van der Waals surface area contributed by atoms with Crippen molar-refractivity contribution in [2.75, 3.05) is 13.1 Å². The molecule has 1 heterocycles. The number of halogens is 1. The normalized spacial score (nSPS) is 25.5. The van der Waals surface area contributed by atoms with Gasteiger partial charge in [-0.1, -0.05) is 34.2 Å². The third-order valence-corrected chi connectivity index (χ3v) is 4.61. The predicted molar refractivity (Wildman–Crippen MR) is 86.2 cm³/mol. The lowest BCUT2D eigenvalue weighted by Crippen LogP contribution is -2.51. The first-order valence-electron chi connectivity index (χ1n) is 7.44. The highest BCUT2D eigenvalue weighted by Gasteiger charge is 2.40. The molecule has 0 radical (unpaired) electrons. The summed E-state index contributed by atoms with van der Waals surface area (Å²) >= 11 is 3.44. The van der Waals surface area contributed by atoms with Gasteiger partial charge >= 0.3 is 6.09 Å². The first-order chi connectivity index (χ1) is 9.70. The maximum absolute atomic E-state index is 12.0. The number of hydrogen-bond acceptors (Lipinski definition) is 3. The Morgan fingerprint density at radius 1 is 1.43 bits per heavy atom. The Morgan fingerprint density at radius 2 is 2.05 bits per heavy atom. The van der Waals surface area contributed by atoms with Crippen LogP contribution in [0.5, 0.6) is 0 Å². The van der Waals surface area contributed by atoms with Crippen LogP contribution < -0.4 is 0 Å². The van der Waals surface area contributed by atoms with Gasteiger partial charge < -0.3 is 14.7 Å². The van der Waals surface area contributed by atoms with Gasteiger partial charge in [-0.25, -0.2) is 4.79 Å². The molecule has 21 heavy (non-hydrogen) atoms. The van der Waals surface area contributed by atoms with Crippen LogP contribution in [0.2, 0.25) is 0 Å². The van der Waals surface area contributed by atoms with Gasteiger partial charge in [0.05, 0.1) is 5.60 Å². The molecule has 2 rings (SSSR count). The average molecular weight is 358 g/mol. The molecule has 118 valence electrons. The molecular weight excluding hydrogens is 334 g/mol. The van der Waals surface area contributed by atoms with E-state index < -0.39 is 11.2 Å². The minimum Gasteiger partial charge on any atom is -0.444 e. The van der Waals surface area contributed by atoms with Gasteiger partial charge in [-0.05, 0) is 40.0 Å². The Labute approximate surface area is 135 Å². The Hall–Kier alpha value is -0.810. The molecule has 0 aromatic rings. The van der Waals surface area contributed by atoms with E-state index in [1.807, 2.05) is 26.8 Å². The summed E-state index contributed by atoms with van der Waals surface area (Å²) in [6.07, 6.45) is 7.87. The summed E-state index contributed by atoms with van der Waals surface area (Å²) in [5, 5.41) is 10.8. The lowest BCUT2D eigenvalue weighted by Gasteiger charge is -2.42. The summed E-state index contributed by atoms with van der Waals surface area (Å²) in [4.78, 5) is 13.7. The molecule has 1 saturated heterocycles. The molecule has 1 atom stereocenters. The summed E-state index contributed by atoms with van der Waals surface area (Å²) in [7, 11) is 0. The molecule has 5 heteroatoms. The van der Waals surface area contributed by atoms with Gasteiger partial charge in [0.25, 0.3) is 0 Å². The summed E-state index contributed by atoms with van der Waals surface area (Å²) in [6.45, 7) is 6.67. The molecule has 0 saturated carbocycles. The Kier molecular flexibility index (Phi) is 4.83. The average Bonchev–Trinajstić information content (AvgIpc) is 2.38. The van der Waals surface area contributed by atoms with Crippen molar-refractivity contribution in [1.29, 1.82) is 0 Å². The molecule has 1 aliphatic heterocycles. The van der Waals surface area contributed by atoms with Gasteiger partial charge in [0.2, 0.25) is 0 Å². The largest absolute Gasteiger partial charge is 0.444 e. The maximum Gasteiger partial charge on any atom is 0.410 e. The van der Waals surface area contributed by atoms with Crippen LogP contribution in [-0.2, 0) is 4.74 Å². The number of allylic oxidation sites excluding steroid dienone is 3. The van der Waals surface area contributed by atoms with E-state index in [-0.39, 0.29) is 12.0 Å². The molecular formula is C16H24BrNO3. The van der Waals surface area contributed by atoms with E-state index in [0.29, 0.717) is 25.9 Å². The first kappa shape index (κ1) is 16.6. The standard InChI is InChI=1S/C16H24BrNO3/c1-15(2,3)21-14(19)18-10-8-16(20,9-11-18)12-4-6-13(17)7-5-12/h4,6-7,12,20H,5,8-11H2,1-3H3. The Balaban J connectivity index is 1.91. The number of carbonyl (C=O) groups excluding carboxylic acids is 1. The zero-order chi connectivity index (χ0) is 15.7. The molecule has 0 bridgehead atoms. The van der Waals surface area contributed by atoms with Gasteiger partial charge in [0.1, 0.15) is 5.60 Å². The lowest BCUT2D eigenvalue weighted by molar-refractivity contribution is -0.0564. The molecule has 2 aliphatic rings. The second-order valence-electron chi connectivity index (χ2n) is 6.86. The van der Waals surface area contributed by atoms with E-state index in [4.69, 9.17) is 4.74 Å². The second kappa shape index (κ2) is 6.13. The monoisotopic (exact) mass is 357 g/mol. The van der Waals surface area contributed by atoms with Crippen molar-refractivity contribution in [1.82, 2.24) is 4.90 Å². The number of amides is 1. The smallest absolute Gasteiger partial charge is 0.410 e. The van der Waals surface area contributed by atoms with Crippen LogP contribution >= 0.6 is 15.9 Å². The van der Waals surface area contributed by atoms with Crippen molar-refractivity contribution >= 4 is 22.0 Å². The van der Waals surface area contributed by atoms with Crippen LogP contribution in [0.3, 0.4) is 0 Å². The number of piperidine rings is 1. The zero-order valence-corrected chi connectivity index (χ0v) is 14.5. The number of aliphatic hydroxyl groups is 1. The summed E-state index contributed by atoms with van der Waals surface area (Å²) < 4.78 is 6.44. The molecule has 1 aliphatic carbocycles. The minimum atomic E-state index is -0.723. The summed E-state index contributed by atoms with van der Waals surface area (Å²) in [6, 6.07) is 0. The Bertz CT molecular complexity index is 457. The Morgan fingerprint density at radius 3 is 2.52 bits per heavy atom. The molecule has 1 fully saturated rings. The number of hydrogen-bond donors (Lipinski definition) is 1. The van der Waals surface area contributed by atoms with Gasteiger partial charge in [-0.15, -0.1) is 0 Å².